The summed E-state index contributed by atoms with van der Waals surface area (Å²) in [5.41, 5.74) is 5.15. The van der Waals surface area contributed by atoms with E-state index in [0.717, 1.165) is 22.2 Å². The molecule has 3 rings (SSSR count). The Labute approximate surface area is 115 Å². The number of hydrogen-bond acceptors (Lipinski definition) is 2. The third-order valence-electron chi connectivity index (χ3n) is 3.77. The lowest BCUT2D eigenvalue weighted by Crippen LogP contribution is -1.95. The van der Waals surface area contributed by atoms with Crippen molar-refractivity contribution in [1.29, 1.82) is 0 Å². The number of benzene rings is 1. The van der Waals surface area contributed by atoms with Gasteiger partial charge in [0.1, 0.15) is 5.69 Å². The zero-order chi connectivity index (χ0) is 14.4. The maximum atomic E-state index is 11.0. The number of fused-ring (bicyclic) bond motifs is 1. The second kappa shape index (κ2) is 4.23. The number of hydrogen-bond donors (Lipinski definition) is 2. The number of aryl methyl sites for hydroxylation is 2. The quantitative estimate of drug-likeness (QED) is 0.751. The summed E-state index contributed by atoms with van der Waals surface area (Å²) in [6.45, 7) is 4.09. The van der Waals surface area contributed by atoms with Crippen LogP contribution in [0.2, 0.25) is 0 Å². The van der Waals surface area contributed by atoms with E-state index in [2.05, 4.69) is 27.8 Å². The highest BCUT2D eigenvalue weighted by atomic mass is 16.4. The van der Waals surface area contributed by atoms with Crippen molar-refractivity contribution < 1.29 is 9.90 Å². The van der Waals surface area contributed by atoms with Gasteiger partial charge in [0.2, 0.25) is 0 Å². The van der Waals surface area contributed by atoms with Gasteiger partial charge in [0.05, 0.1) is 11.2 Å². The molecule has 0 amide bonds. The van der Waals surface area contributed by atoms with Gasteiger partial charge in [0.25, 0.3) is 0 Å². The van der Waals surface area contributed by atoms with Crippen molar-refractivity contribution in [1.82, 2.24) is 14.8 Å². The number of para-hydroxylation sites is 1. The summed E-state index contributed by atoms with van der Waals surface area (Å²) in [5.74, 6) is -1.00. The molecule has 0 fully saturated rings. The average Bonchev–Trinajstić information content (AvgIpc) is 2.96. The summed E-state index contributed by atoms with van der Waals surface area (Å²) in [4.78, 5) is 11.0. The van der Waals surface area contributed by atoms with Gasteiger partial charge in [-0.05, 0) is 25.5 Å². The standard InChI is InChI=1S/C15H15N3O2/c1-8-5-4-6-10-13(9(2)18(3)14(8)10)11-7-12(15(19)20)17-16-11/h4-7H,1-3H3,(H,16,17)(H,19,20). The Balaban J connectivity index is 2.33. The molecule has 3 aromatic rings. The Hall–Kier alpha value is -2.56. The minimum absolute atomic E-state index is 0.101. The van der Waals surface area contributed by atoms with Gasteiger partial charge in [0.15, 0.2) is 0 Å². The zero-order valence-electron chi connectivity index (χ0n) is 11.6. The molecular weight excluding hydrogens is 254 g/mol. The number of rotatable bonds is 2. The molecule has 20 heavy (non-hydrogen) atoms. The lowest BCUT2D eigenvalue weighted by atomic mass is 10.1. The van der Waals surface area contributed by atoms with Crippen LogP contribution in [0.25, 0.3) is 22.2 Å². The number of carbonyl (C=O) groups is 1. The van der Waals surface area contributed by atoms with Gasteiger partial charge in [-0.15, -0.1) is 0 Å². The Morgan fingerprint density at radius 3 is 2.75 bits per heavy atom. The van der Waals surface area contributed by atoms with Crippen LogP contribution in [-0.2, 0) is 7.05 Å². The van der Waals surface area contributed by atoms with E-state index < -0.39 is 5.97 Å². The Morgan fingerprint density at radius 1 is 1.35 bits per heavy atom. The molecule has 5 heteroatoms. The molecule has 2 heterocycles. The smallest absolute Gasteiger partial charge is 0.353 e. The van der Waals surface area contributed by atoms with E-state index >= 15 is 0 Å². The first kappa shape index (κ1) is 12.5. The number of aromatic amines is 1. The highest BCUT2D eigenvalue weighted by molar-refractivity contribution is 5.99. The van der Waals surface area contributed by atoms with E-state index in [1.807, 2.05) is 26.1 Å². The Morgan fingerprint density at radius 2 is 2.10 bits per heavy atom. The molecule has 0 radical (unpaired) electrons. The summed E-state index contributed by atoms with van der Waals surface area (Å²) in [6.07, 6.45) is 0. The highest BCUT2D eigenvalue weighted by Crippen LogP contribution is 2.34. The van der Waals surface area contributed by atoms with Gasteiger partial charge in [-0.3, -0.25) is 5.10 Å². The van der Waals surface area contributed by atoms with Crippen LogP contribution in [0.15, 0.2) is 24.3 Å². The van der Waals surface area contributed by atoms with Crippen LogP contribution in [0.3, 0.4) is 0 Å². The molecule has 0 saturated carbocycles. The molecule has 0 saturated heterocycles. The van der Waals surface area contributed by atoms with E-state index in [-0.39, 0.29) is 5.69 Å². The van der Waals surface area contributed by atoms with Crippen LogP contribution in [-0.4, -0.2) is 25.8 Å². The molecule has 0 aliphatic heterocycles. The van der Waals surface area contributed by atoms with Crippen LogP contribution in [0.5, 0.6) is 0 Å². The van der Waals surface area contributed by atoms with E-state index in [1.165, 1.54) is 5.56 Å². The topological polar surface area (TPSA) is 70.9 Å². The third-order valence-corrected chi connectivity index (χ3v) is 3.77. The zero-order valence-corrected chi connectivity index (χ0v) is 11.6. The maximum absolute atomic E-state index is 11.0. The molecule has 2 N–H and O–H groups in total. The van der Waals surface area contributed by atoms with E-state index in [0.29, 0.717) is 5.69 Å². The van der Waals surface area contributed by atoms with E-state index in [9.17, 15) is 4.79 Å². The lowest BCUT2D eigenvalue weighted by molar-refractivity contribution is 0.0690. The van der Waals surface area contributed by atoms with Crippen molar-refractivity contribution in [3.8, 4) is 11.3 Å². The van der Waals surface area contributed by atoms with Crippen LogP contribution in [0, 0.1) is 13.8 Å². The summed E-state index contributed by atoms with van der Waals surface area (Å²) in [6, 6.07) is 7.69. The first-order valence-corrected chi connectivity index (χ1v) is 6.34. The second-order valence-corrected chi connectivity index (χ2v) is 4.96. The summed E-state index contributed by atoms with van der Waals surface area (Å²) < 4.78 is 2.12. The summed E-state index contributed by atoms with van der Waals surface area (Å²) >= 11 is 0. The van der Waals surface area contributed by atoms with Gasteiger partial charge in [-0.1, -0.05) is 18.2 Å². The number of H-pyrrole nitrogens is 1. The van der Waals surface area contributed by atoms with Crippen LogP contribution in [0.1, 0.15) is 21.7 Å². The average molecular weight is 269 g/mol. The highest BCUT2D eigenvalue weighted by Gasteiger charge is 2.18. The van der Waals surface area contributed by atoms with Crippen LogP contribution in [0.4, 0.5) is 0 Å². The number of carboxylic acid groups (broad SMARTS) is 1. The molecule has 0 spiro atoms. The van der Waals surface area contributed by atoms with Gasteiger partial charge in [-0.25, -0.2) is 4.79 Å². The van der Waals surface area contributed by atoms with Gasteiger partial charge >= 0.3 is 5.97 Å². The third kappa shape index (κ3) is 1.63. The predicted octanol–water partition coefficient (Wildman–Crippen LogP) is 2.88. The molecule has 0 atom stereocenters. The monoisotopic (exact) mass is 269 g/mol. The van der Waals surface area contributed by atoms with E-state index in [1.54, 1.807) is 6.07 Å². The van der Waals surface area contributed by atoms with Gasteiger partial charge in [-0.2, -0.15) is 5.10 Å². The molecule has 2 aromatic heterocycles. The van der Waals surface area contributed by atoms with Crippen LogP contribution >= 0.6 is 0 Å². The minimum Gasteiger partial charge on any atom is -0.477 e. The molecular formula is C15H15N3O2. The number of aromatic nitrogens is 3. The van der Waals surface area contributed by atoms with E-state index in [4.69, 9.17) is 5.11 Å². The first-order chi connectivity index (χ1) is 9.50. The fourth-order valence-electron chi connectivity index (χ4n) is 2.72. The SMILES string of the molecule is Cc1cccc2c(-c3cc(C(=O)O)[nH]n3)c(C)n(C)c12. The maximum Gasteiger partial charge on any atom is 0.353 e. The number of aromatic carboxylic acids is 1. The normalized spacial score (nSPS) is 11.2. The molecule has 0 aliphatic carbocycles. The molecule has 0 bridgehead atoms. The van der Waals surface area contributed by atoms with Crippen molar-refractivity contribution in [2.45, 2.75) is 13.8 Å². The number of carboxylic acids is 1. The molecule has 0 unspecified atom stereocenters. The fraction of sp³-hybridized carbons (Fsp3) is 0.200. The molecule has 1 aromatic carbocycles. The van der Waals surface area contributed by atoms with Crippen LogP contribution < -0.4 is 0 Å². The van der Waals surface area contributed by atoms with Crippen molar-refractivity contribution in [3.63, 3.8) is 0 Å². The first-order valence-electron chi connectivity index (χ1n) is 6.34. The number of nitrogens with one attached hydrogen (secondary N) is 1. The summed E-state index contributed by atoms with van der Waals surface area (Å²) in [7, 11) is 2.01. The van der Waals surface area contributed by atoms with Crippen molar-refractivity contribution in [2.75, 3.05) is 0 Å². The largest absolute Gasteiger partial charge is 0.477 e. The van der Waals surface area contributed by atoms with Crippen molar-refractivity contribution >= 4 is 16.9 Å². The fourth-order valence-corrected chi connectivity index (χ4v) is 2.72. The predicted molar refractivity (Wildman–Crippen MR) is 76.9 cm³/mol. The summed E-state index contributed by atoms with van der Waals surface area (Å²) in [5, 5.41) is 16.8. The van der Waals surface area contributed by atoms with Crippen molar-refractivity contribution in [2.24, 2.45) is 7.05 Å². The van der Waals surface area contributed by atoms with Gasteiger partial charge in [0, 0.05) is 23.7 Å². The second-order valence-electron chi connectivity index (χ2n) is 4.96. The molecule has 102 valence electrons. The Bertz CT molecular complexity index is 827. The van der Waals surface area contributed by atoms with Crippen molar-refractivity contribution in [3.05, 3.63) is 41.2 Å². The minimum atomic E-state index is -1.00. The number of nitrogens with zero attached hydrogens (tertiary/aromatic N) is 2. The Kier molecular flexibility index (Phi) is 2.64. The van der Waals surface area contributed by atoms with Gasteiger partial charge < -0.3 is 9.67 Å². The molecule has 0 aliphatic rings. The molecule has 5 nitrogen and oxygen atoms in total. The lowest BCUT2D eigenvalue weighted by Gasteiger charge is -2.01.